The largest absolute Gasteiger partial charge is 0.486 e. The standard InChI is InChI=1S/C28H25N2O.C14H14N.Ir/c1-16(2)23-15-29-25(14-19(23)5)22-11-7-10-20-21-12-13-24(30-28(21)31-27(20)22)26-17(3)8-6-9-18(26)4;1-10-4-6-13(7-5-10)14-8-11(2)12(3)9-15-14;/h6-10,12-16H,1-5H3;4-6,8-9H,1-3H3;/q2*-1;. The number of rotatable bonds is 4. The first-order valence-electron chi connectivity index (χ1n) is 15.8. The zero-order valence-electron chi connectivity index (χ0n) is 28.2. The summed E-state index contributed by atoms with van der Waals surface area (Å²) in [6.45, 7) is 17.0. The van der Waals surface area contributed by atoms with Gasteiger partial charge in [0.05, 0.1) is 11.3 Å². The van der Waals surface area contributed by atoms with Crippen LogP contribution in [0.25, 0.3) is 55.8 Å². The maximum atomic E-state index is 6.32. The molecule has 0 saturated heterocycles. The Morgan fingerprint density at radius 2 is 1.38 bits per heavy atom. The van der Waals surface area contributed by atoms with E-state index in [-0.39, 0.29) is 20.1 Å². The van der Waals surface area contributed by atoms with Gasteiger partial charge in [-0.15, -0.1) is 53.6 Å². The molecule has 4 nitrogen and oxygen atoms in total. The molecule has 0 amide bonds. The summed E-state index contributed by atoms with van der Waals surface area (Å²) in [6, 6.07) is 31.5. The molecule has 47 heavy (non-hydrogen) atoms. The minimum absolute atomic E-state index is 0. The minimum Gasteiger partial charge on any atom is -0.486 e. The number of benzene rings is 3. The van der Waals surface area contributed by atoms with Crippen molar-refractivity contribution in [2.24, 2.45) is 0 Å². The monoisotopic (exact) mass is 794 g/mol. The van der Waals surface area contributed by atoms with Crippen molar-refractivity contribution >= 4 is 22.1 Å². The second kappa shape index (κ2) is 14.1. The number of nitrogens with zero attached hydrogens (tertiary/aromatic N) is 3. The third-order valence-corrected chi connectivity index (χ3v) is 8.68. The first-order valence-corrected chi connectivity index (χ1v) is 15.8. The van der Waals surface area contributed by atoms with Gasteiger partial charge < -0.3 is 14.4 Å². The van der Waals surface area contributed by atoms with E-state index in [2.05, 4.69) is 127 Å². The van der Waals surface area contributed by atoms with E-state index in [0.717, 1.165) is 44.6 Å². The van der Waals surface area contributed by atoms with Gasteiger partial charge in [0.25, 0.3) is 0 Å². The number of pyridine rings is 3. The minimum atomic E-state index is 0. The summed E-state index contributed by atoms with van der Waals surface area (Å²) in [6.07, 6.45) is 3.89. The molecule has 3 aromatic carbocycles. The van der Waals surface area contributed by atoms with Gasteiger partial charge in [-0.1, -0.05) is 73.2 Å². The molecule has 7 rings (SSSR count). The molecule has 0 aliphatic heterocycles. The molecule has 1 radical (unpaired) electrons. The van der Waals surface area contributed by atoms with Crippen LogP contribution in [0.3, 0.4) is 0 Å². The molecule has 0 saturated carbocycles. The first-order chi connectivity index (χ1) is 22.1. The van der Waals surface area contributed by atoms with Gasteiger partial charge in [-0.3, -0.25) is 0 Å². The van der Waals surface area contributed by atoms with Crippen molar-refractivity contribution < 1.29 is 24.5 Å². The van der Waals surface area contributed by atoms with Crippen molar-refractivity contribution in [3.8, 4) is 33.8 Å². The van der Waals surface area contributed by atoms with Crippen LogP contribution in [0, 0.1) is 53.7 Å². The van der Waals surface area contributed by atoms with Crippen molar-refractivity contribution in [3.05, 3.63) is 136 Å². The number of fused-ring (bicyclic) bond motifs is 3. The third kappa shape index (κ3) is 6.98. The summed E-state index contributed by atoms with van der Waals surface area (Å²) in [5, 5.41) is 2.05. The van der Waals surface area contributed by atoms with Crippen LogP contribution in [-0.2, 0) is 20.1 Å². The topological polar surface area (TPSA) is 51.8 Å². The van der Waals surface area contributed by atoms with Gasteiger partial charge in [0.1, 0.15) is 0 Å². The van der Waals surface area contributed by atoms with Crippen LogP contribution in [0.4, 0.5) is 0 Å². The quantitative estimate of drug-likeness (QED) is 0.167. The molecule has 4 heterocycles. The molecule has 0 aliphatic rings. The number of aryl methyl sites for hydroxylation is 6. The molecule has 7 aromatic rings. The Morgan fingerprint density at radius 1 is 0.660 bits per heavy atom. The van der Waals surface area contributed by atoms with Crippen LogP contribution in [0.2, 0.25) is 0 Å². The zero-order valence-corrected chi connectivity index (χ0v) is 30.6. The molecule has 0 aliphatic carbocycles. The first kappa shape index (κ1) is 33.9. The van der Waals surface area contributed by atoms with Crippen LogP contribution < -0.4 is 0 Å². The second-order valence-corrected chi connectivity index (χ2v) is 12.5. The van der Waals surface area contributed by atoms with Crippen molar-refractivity contribution in [2.45, 2.75) is 61.3 Å². The predicted octanol–water partition coefficient (Wildman–Crippen LogP) is 11.0. The van der Waals surface area contributed by atoms with E-state index in [4.69, 9.17) is 14.4 Å². The van der Waals surface area contributed by atoms with E-state index < -0.39 is 0 Å². The summed E-state index contributed by atoms with van der Waals surface area (Å²) in [4.78, 5) is 14.0. The van der Waals surface area contributed by atoms with E-state index in [1.54, 1.807) is 0 Å². The summed E-state index contributed by atoms with van der Waals surface area (Å²) in [7, 11) is 0. The summed E-state index contributed by atoms with van der Waals surface area (Å²) >= 11 is 0. The van der Waals surface area contributed by atoms with Gasteiger partial charge in [-0.05, 0) is 86.3 Å². The molecule has 0 atom stereocenters. The molecule has 0 N–H and O–H groups in total. The van der Waals surface area contributed by atoms with Crippen LogP contribution in [0.15, 0.2) is 89.6 Å². The maximum Gasteiger partial charge on any atom is 0.216 e. The van der Waals surface area contributed by atoms with Crippen molar-refractivity contribution in [1.82, 2.24) is 15.0 Å². The van der Waals surface area contributed by atoms with Gasteiger partial charge >= 0.3 is 0 Å². The van der Waals surface area contributed by atoms with E-state index in [0.29, 0.717) is 11.6 Å². The van der Waals surface area contributed by atoms with Crippen LogP contribution in [-0.4, -0.2) is 15.0 Å². The molecule has 0 bridgehead atoms. The van der Waals surface area contributed by atoms with E-state index >= 15 is 0 Å². The fourth-order valence-corrected chi connectivity index (χ4v) is 5.91. The molecule has 0 fully saturated rings. The smallest absolute Gasteiger partial charge is 0.216 e. The molecule has 5 heteroatoms. The van der Waals surface area contributed by atoms with Gasteiger partial charge in [-0.25, -0.2) is 4.98 Å². The summed E-state index contributed by atoms with van der Waals surface area (Å²) in [5.74, 6) is 0.444. The number of aromatic nitrogens is 3. The van der Waals surface area contributed by atoms with Gasteiger partial charge in [0.2, 0.25) is 5.71 Å². The fourth-order valence-electron chi connectivity index (χ4n) is 5.91. The molecule has 239 valence electrons. The molecular weight excluding hydrogens is 755 g/mol. The van der Waals surface area contributed by atoms with Gasteiger partial charge in [0.15, 0.2) is 0 Å². The van der Waals surface area contributed by atoms with E-state index in [1.165, 1.54) is 44.5 Å². The average Bonchev–Trinajstić information content (AvgIpc) is 3.41. The molecule has 4 aromatic heterocycles. The Bertz CT molecular complexity index is 2180. The van der Waals surface area contributed by atoms with Crippen LogP contribution >= 0.6 is 0 Å². The normalized spacial score (nSPS) is 11.0. The van der Waals surface area contributed by atoms with Gasteiger partial charge in [0, 0.05) is 43.4 Å². The number of hydrogen-bond donors (Lipinski definition) is 0. The molecule has 0 spiro atoms. The average molecular weight is 794 g/mol. The van der Waals surface area contributed by atoms with Crippen LogP contribution in [0.5, 0.6) is 0 Å². The Hall–Kier alpha value is -4.44. The Labute approximate surface area is 291 Å². The summed E-state index contributed by atoms with van der Waals surface area (Å²) in [5.41, 5.74) is 16.0. The Kier molecular flexibility index (Phi) is 10.2. The zero-order chi connectivity index (χ0) is 32.5. The number of furan rings is 1. The fraction of sp³-hybridized carbons (Fsp3) is 0.214. The SMILES string of the molecule is Cc1c[c-]c(-c2cc(C)c(C)cn2)cc1.Cc1cc(-c2[c-]ccc3c2oc2nc(-c4c(C)cccc4C)ccc23)ncc1C(C)C.[Ir]. The van der Waals surface area contributed by atoms with Crippen molar-refractivity contribution in [1.29, 1.82) is 0 Å². The molecule has 0 unspecified atom stereocenters. The van der Waals surface area contributed by atoms with Crippen molar-refractivity contribution in [3.63, 3.8) is 0 Å². The second-order valence-electron chi connectivity index (χ2n) is 12.5. The van der Waals surface area contributed by atoms with Gasteiger partial charge in [-0.2, -0.15) is 0 Å². The summed E-state index contributed by atoms with van der Waals surface area (Å²) < 4.78 is 6.32. The molecular formula is C42H39IrN3O-2. The predicted molar refractivity (Wildman–Crippen MR) is 190 cm³/mol. The van der Waals surface area contributed by atoms with Crippen LogP contribution in [0.1, 0.15) is 58.7 Å². The van der Waals surface area contributed by atoms with E-state index in [9.17, 15) is 0 Å². The Balaban J connectivity index is 0.000000228. The number of hydrogen-bond acceptors (Lipinski definition) is 4. The van der Waals surface area contributed by atoms with E-state index in [1.807, 2.05) is 30.6 Å². The maximum absolute atomic E-state index is 6.32. The Morgan fingerprint density at radius 3 is 2.04 bits per heavy atom. The van der Waals surface area contributed by atoms with Crippen molar-refractivity contribution in [2.75, 3.05) is 0 Å². The third-order valence-electron chi connectivity index (χ3n) is 8.68.